The molecule has 0 spiro atoms. The Morgan fingerprint density at radius 2 is 2.46 bits per heavy atom. The number of rotatable bonds is 4. The van der Waals surface area contributed by atoms with Crippen molar-refractivity contribution in [1.29, 1.82) is 0 Å². The lowest BCUT2D eigenvalue weighted by Crippen LogP contribution is -2.23. The normalized spacial score (nSPS) is 13.2. The number of hydrogen-bond acceptors (Lipinski definition) is 4. The molecule has 0 aliphatic heterocycles. The maximum Gasteiger partial charge on any atom is 0.343 e. The third kappa shape index (κ3) is 2.60. The van der Waals surface area contributed by atoms with Crippen molar-refractivity contribution in [1.82, 2.24) is 20.1 Å². The van der Waals surface area contributed by atoms with Gasteiger partial charge in [0.25, 0.3) is 0 Å². The highest BCUT2D eigenvalue weighted by molar-refractivity contribution is 7.99. The molecule has 0 fully saturated rings. The summed E-state index contributed by atoms with van der Waals surface area (Å²) in [6.45, 7) is 2.08. The molecular formula is C7H14N4OS. The standard InChI is InChI=1S/C7H14N4OS/c1-5(8-2)4-13-7-10-9-6(12)11(7)3/h5,8H,4H2,1-3H3,(H,9,12). The Morgan fingerprint density at radius 1 is 1.77 bits per heavy atom. The molecule has 0 radical (unpaired) electrons. The molecule has 1 heterocycles. The van der Waals surface area contributed by atoms with Gasteiger partial charge in [-0.05, 0) is 14.0 Å². The molecule has 0 amide bonds. The van der Waals surface area contributed by atoms with Crippen molar-refractivity contribution in [3.8, 4) is 0 Å². The monoisotopic (exact) mass is 202 g/mol. The molecule has 1 aromatic heterocycles. The molecule has 0 aliphatic carbocycles. The molecular weight excluding hydrogens is 188 g/mol. The van der Waals surface area contributed by atoms with Gasteiger partial charge in [-0.2, -0.15) is 0 Å². The van der Waals surface area contributed by atoms with Crippen LogP contribution in [0.3, 0.4) is 0 Å². The molecule has 1 unspecified atom stereocenters. The van der Waals surface area contributed by atoms with Crippen LogP contribution < -0.4 is 11.0 Å². The van der Waals surface area contributed by atoms with E-state index in [0.29, 0.717) is 6.04 Å². The predicted octanol–water partition coefficient (Wildman–Crippen LogP) is -0.192. The molecule has 0 aromatic carbocycles. The molecule has 74 valence electrons. The van der Waals surface area contributed by atoms with E-state index in [1.54, 1.807) is 18.8 Å². The van der Waals surface area contributed by atoms with Gasteiger partial charge in [-0.15, -0.1) is 5.10 Å². The number of hydrogen-bond donors (Lipinski definition) is 2. The highest BCUT2D eigenvalue weighted by Crippen LogP contribution is 2.12. The summed E-state index contributed by atoms with van der Waals surface area (Å²) < 4.78 is 1.51. The quantitative estimate of drug-likeness (QED) is 0.664. The van der Waals surface area contributed by atoms with Gasteiger partial charge in [0, 0.05) is 18.8 Å². The van der Waals surface area contributed by atoms with Crippen molar-refractivity contribution in [2.75, 3.05) is 12.8 Å². The second kappa shape index (κ2) is 4.48. The second-order valence-corrected chi connectivity index (χ2v) is 3.86. The number of aromatic amines is 1. The minimum atomic E-state index is -0.167. The summed E-state index contributed by atoms with van der Waals surface area (Å²) in [5.74, 6) is 0.897. The Morgan fingerprint density at radius 3 is 2.92 bits per heavy atom. The summed E-state index contributed by atoms with van der Waals surface area (Å²) in [7, 11) is 3.62. The van der Waals surface area contributed by atoms with Crippen molar-refractivity contribution in [3.05, 3.63) is 10.5 Å². The van der Waals surface area contributed by atoms with Gasteiger partial charge < -0.3 is 5.32 Å². The average molecular weight is 202 g/mol. The lowest BCUT2D eigenvalue weighted by atomic mass is 10.4. The molecule has 1 aromatic rings. The first-order chi connectivity index (χ1) is 6.15. The molecule has 2 N–H and O–H groups in total. The Kier molecular flexibility index (Phi) is 3.56. The van der Waals surface area contributed by atoms with Crippen LogP contribution in [-0.2, 0) is 7.05 Å². The summed E-state index contributed by atoms with van der Waals surface area (Å²) in [5.41, 5.74) is -0.167. The van der Waals surface area contributed by atoms with Gasteiger partial charge in [0.1, 0.15) is 0 Å². The first-order valence-electron chi connectivity index (χ1n) is 4.06. The smallest absolute Gasteiger partial charge is 0.316 e. The van der Waals surface area contributed by atoms with Crippen LogP contribution in [0.2, 0.25) is 0 Å². The fourth-order valence-electron chi connectivity index (χ4n) is 0.744. The van der Waals surface area contributed by atoms with Gasteiger partial charge in [-0.3, -0.25) is 4.57 Å². The number of nitrogens with one attached hydrogen (secondary N) is 2. The van der Waals surface area contributed by atoms with Gasteiger partial charge >= 0.3 is 5.69 Å². The first kappa shape index (κ1) is 10.3. The third-order valence-electron chi connectivity index (χ3n) is 1.79. The number of H-pyrrole nitrogens is 1. The fraction of sp³-hybridized carbons (Fsp3) is 0.714. The van der Waals surface area contributed by atoms with Crippen LogP contribution in [0.1, 0.15) is 6.92 Å². The molecule has 0 bridgehead atoms. The van der Waals surface area contributed by atoms with E-state index >= 15 is 0 Å². The predicted molar refractivity (Wildman–Crippen MR) is 53.1 cm³/mol. The number of nitrogens with zero attached hydrogens (tertiary/aromatic N) is 2. The SMILES string of the molecule is CNC(C)CSc1n[nH]c(=O)n1C. The van der Waals surface area contributed by atoms with Crippen molar-refractivity contribution < 1.29 is 0 Å². The zero-order valence-electron chi connectivity index (χ0n) is 8.00. The molecule has 1 atom stereocenters. The molecule has 5 nitrogen and oxygen atoms in total. The van der Waals surface area contributed by atoms with Gasteiger partial charge in [-0.1, -0.05) is 11.8 Å². The molecule has 13 heavy (non-hydrogen) atoms. The van der Waals surface area contributed by atoms with Crippen LogP contribution in [0.25, 0.3) is 0 Å². The Balaban J connectivity index is 2.55. The highest BCUT2D eigenvalue weighted by Gasteiger charge is 2.06. The van der Waals surface area contributed by atoms with Crippen LogP contribution in [0.4, 0.5) is 0 Å². The summed E-state index contributed by atoms with van der Waals surface area (Å²) >= 11 is 1.56. The van der Waals surface area contributed by atoms with E-state index in [2.05, 4.69) is 22.4 Å². The summed E-state index contributed by atoms with van der Waals surface area (Å²) in [5, 5.41) is 10.1. The molecule has 0 saturated carbocycles. The zero-order valence-corrected chi connectivity index (χ0v) is 8.81. The molecule has 1 rings (SSSR count). The van der Waals surface area contributed by atoms with Crippen LogP contribution in [0.15, 0.2) is 9.95 Å². The molecule has 0 saturated heterocycles. The third-order valence-corrected chi connectivity index (χ3v) is 3.08. The van der Waals surface area contributed by atoms with Gasteiger partial charge in [0.2, 0.25) is 0 Å². The summed E-state index contributed by atoms with van der Waals surface area (Å²) in [6, 6.07) is 0.414. The fourth-order valence-corrected chi connectivity index (χ4v) is 1.70. The largest absolute Gasteiger partial charge is 0.343 e. The number of thioether (sulfide) groups is 1. The maximum absolute atomic E-state index is 11.0. The summed E-state index contributed by atoms with van der Waals surface area (Å²) in [6.07, 6.45) is 0. The van der Waals surface area contributed by atoms with E-state index in [-0.39, 0.29) is 5.69 Å². The van der Waals surface area contributed by atoms with E-state index < -0.39 is 0 Å². The van der Waals surface area contributed by atoms with E-state index in [0.717, 1.165) is 10.9 Å². The minimum Gasteiger partial charge on any atom is -0.316 e. The van der Waals surface area contributed by atoms with Crippen molar-refractivity contribution >= 4 is 11.8 Å². The van der Waals surface area contributed by atoms with Crippen molar-refractivity contribution in [3.63, 3.8) is 0 Å². The molecule has 0 aliphatic rings. The lowest BCUT2D eigenvalue weighted by molar-refractivity contribution is 0.674. The van der Waals surface area contributed by atoms with E-state index in [1.807, 2.05) is 7.05 Å². The molecule has 6 heteroatoms. The van der Waals surface area contributed by atoms with E-state index in [1.165, 1.54) is 4.57 Å². The van der Waals surface area contributed by atoms with Gasteiger partial charge in [0.15, 0.2) is 5.16 Å². The highest BCUT2D eigenvalue weighted by atomic mass is 32.2. The van der Waals surface area contributed by atoms with Crippen LogP contribution in [0.5, 0.6) is 0 Å². The Hall–Kier alpha value is -0.750. The summed E-state index contributed by atoms with van der Waals surface area (Å²) in [4.78, 5) is 11.0. The Bertz CT molecular complexity index is 319. The first-order valence-corrected chi connectivity index (χ1v) is 5.05. The number of aromatic nitrogens is 3. The average Bonchev–Trinajstić information content (AvgIpc) is 2.44. The van der Waals surface area contributed by atoms with Crippen molar-refractivity contribution in [2.24, 2.45) is 7.05 Å². The van der Waals surface area contributed by atoms with Crippen LogP contribution in [0, 0.1) is 0 Å². The topological polar surface area (TPSA) is 62.7 Å². The zero-order chi connectivity index (χ0) is 9.84. The van der Waals surface area contributed by atoms with E-state index in [9.17, 15) is 4.79 Å². The minimum absolute atomic E-state index is 0.167. The maximum atomic E-state index is 11.0. The van der Waals surface area contributed by atoms with E-state index in [4.69, 9.17) is 0 Å². The van der Waals surface area contributed by atoms with Gasteiger partial charge in [0.05, 0.1) is 0 Å². The van der Waals surface area contributed by atoms with Crippen LogP contribution >= 0.6 is 11.8 Å². The van der Waals surface area contributed by atoms with Crippen molar-refractivity contribution in [2.45, 2.75) is 18.1 Å². The van der Waals surface area contributed by atoms with Crippen LogP contribution in [-0.4, -0.2) is 33.6 Å². The Labute approximate surface area is 80.9 Å². The van der Waals surface area contributed by atoms with Gasteiger partial charge in [-0.25, -0.2) is 9.89 Å². The second-order valence-electron chi connectivity index (χ2n) is 2.87. The lowest BCUT2D eigenvalue weighted by Gasteiger charge is -2.07.